The fourth-order valence-electron chi connectivity index (χ4n) is 7.90. The molecule has 16 nitrogen and oxygen atoms in total. The van der Waals surface area contributed by atoms with Gasteiger partial charge in [-0.25, -0.2) is 9.74 Å². The second-order valence-corrected chi connectivity index (χ2v) is 20.2. The lowest BCUT2D eigenvalue weighted by atomic mass is 9.81. The maximum Gasteiger partial charge on any atom is 0.320 e. The molecular formula is C35H48N2O14S4+2. The van der Waals surface area contributed by atoms with Crippen LogP contribution in [0.3, 0.4) is 0 Å². The van der Waals surface area contributed by atoms with Crippen LogP contribution >= 0.6 is 12.0 Å². The van der Waals surface area contributed by atoms with E-state index in [2.05, 4.69) is 9.37 Å². The zero-order valence-electron chi connectivity index (χ0n) is 31.0. The summed E-state index contributed by atoms with van der Waals surface area (Å²) >= 11 is 0.934. The summed E-state index contributed by atoms with van der Waals surface area (Å²) in [5, 5.41) is 10.7. The average molecular weight is 849 g/mol. The Hall–Kier alpha value is -2.89. The van der Waals surface area contributed by atoms with E-state index in [1.54, 1.807) is 18.2 Å². The molecule has 0 saturated carbocycles. The Labute approximate surface area is 326 Å². The van der Waals surface area contributed by atoms with Gasteiger partial charge in [-0.05, 0) is 70.9 Å². The van der Waals surface area contributed by atoms with Gasteiger partial charge in [0.15, 0.2) is 5.71 Å². The second-order valence-electron chi connectivity index (χ2n) is 14.7. The van der Waals surface area contributed by atoms with Gasteiger partial charge in [-0.1, -0.05) is 11.1 Å². The summed E-state index contributed by atoms with van der Waals surface area (Å²) in [4.78, 5) is 0. The molecule has 3 aliphatic rings. The van der Waals surface area contributed by atoms with E-state index in [0.717, 1.165) is 34.6 Å². The van der Waals surface area contributed by atoms with Crippen LogP contribution in [0.1, 0.15) is 64.5 Å². The van der Waals surface area contributed by atoms with Gasteiger partial charge in [0, 0.05) is 53.6 Å². The summed E-state index contributed by atoms with van der Waals surface area (Å²) in [6.45, 7) is 9.04. The van der Waals surface area contributed by atoms with E-state index in [4.69, 9.17) is 19.3 Å². The molecule has 20 heteroatoms. The minimum Gasteiger partial charge on any atom is -0.494 e. The molecule has 1 fully saturated rings. The Morgan fingerprint density at radius 2 is 1.47 bits per heavy atom. The topological polar surface area (TPSA) is 223 Å². The van der Waals surface area contributed by atoms with Crippen molar-refractivity contribution in [1.29, 1.82) is 0 Å². The van der Waals surface area contributed by atoms with Gasteiger partial charge in [0.05, 0.1) is 48.5 Å². The lowest BCUT2D eigenvalue weighted by Gasteiger charge is -2.49. The molecule has 3 aliphatic heterocycles. The van der Waals surface area contributed by atoms with Crippen LogP contribution in [0.25, 0.3) is 0 Å². The summed E-state index contributed by atoms with van der Waals surface area (Å²) in [6.07, 6.45) is 6.65. The second kappa shape index (κ2) is 16.5. The van der Waals surface area contributed by atoms with E-state index in [0.29, 0.717) is 48.2 Å². The minimum atomic E-state index is -4.49. The zero-order chi connectivity index (χ0) is 40.5. The van der Waals surface area contributed by atoms with E-state index in [-0.39, 0.29) is 36.9 Å². The highest BCUT2D eigenvalue weighted by Gasteiger charge is 2.66. The number of rotatable bonds is 19. The van der Waals surface area contributed by atoms with Gasteiger partial charge in [0.2, 0.25) is 11.1 Å². The lowest BCUT2D eigenvalue weighted by Crippen LogP contribution is -2.68. The van der Waals surface area contributed by atoms with E-state index in [1.165, 1.54) is 0 Å². The van der Waals surface area contributed by atoms with Crippen LogP contribution in [-0.2, 0) is 50.6 Å². The van der Waals surface area contributed by atoms with Crippen LogP contribution in [0.4, 0.5) is 11.4 Å². The normalized spacial score (nSPS) is 22.3. The van der Waals surface area contributed by atoms with Gasteiger partial charge in [-0.15, -0.1) is 4.33 Å². The molecule has 2 atom stereocenters. The highest BCUT2D eigenvalue weighted by molar-refractivity contribution is 7.94. The van der Waals surface area contributed by atoms with E-state index >= 15 is 0 Å². The van der Waals surface area contributed by atoms with Crippen LogP contribution in [0, 0.1) is 0 Å². The fourth-order valence-corrected chi connectivity index (χ4v) is 10.4. The highest BCUT2D eigenvalue weighted by atomic mass is 32.2. The van der Waals surface area contributed by atoms with E-state index < -0.39 is 58.1 Å². The first-order valence-corrected chi connectivity index (χ1v) is 23.2. The molecule has 2 aromatic rings. The monoisotopic (exact) mass is 848 g/mol. The first-order chi connectivity index (χ1) is 25.6. The predicted octanol–water partition coefficient (Wildman–Crippen LogP) is 5.19. The van der Waals surface area contributed by atoms with Crippen molar-refractivity contribution in [3.05, 3.63) is 71.5 Å². The van der Waals surface area contributed by atoms with Gasteiger partial charge >= 0.3 is 10.1 Å². The number of allylic oxidation sites excluding steroid dienone is 4. The van der Waals surface area contributed by atoms with Crippen molar-refractivity contribution in [2.24, 2.45) is 0 Å². The number of fused-ring (bicyclic) bond motifs is 3. The van der Waals surface area contributed by atoms with Crippen LogP contribution in [0.5, 0.6) is 11.5 Å². The number of ether oxygens (including phenoxy) is 2. The molecule has 2 aromatic carbocycles. The maximum absolute atomic E-state index is 12.8. The molecule has 2 unspecified atom stereocenters. The maximum atomic E-state index is 12.8. The van der Waals surface area contributed by atoms with Crippen molar-refractivity contribution >= 4 is 59.5 Å². The van der Waals surface area contributed by atoms with Crippen molar-refractivity contribution in [3.8, 4) is 11.5 Å². The quantitative estimate of drug-likeness (QED) is 0.0272. The Bertz CT molecular complexity index is 2200. The molecule has 0 aliphatic carbocycles. The zero-order valence-corrected chi connectivity index (χ0v) is 34.2. The number of hydrogen-bond acceptors (Lipinski definition) is 12. The summed E-state index contributed by atoms with van der Waals surface area (Å²) in [7, 11) is -12.8. The molecule has 1 saturated heterocycles. The molecule has 4 N–H and O–H groups in total. The Kier molecular flexibility index (Phi) is 13.0. The van der Waals surface area contributed by atoms with Crippen LogP contribution < -0.4 is 14.0 Å². The van der Waals surface area contributed by atoms with Gasteiger partial charge in [0.25, 0.3) is 20.2 Å². The largest absolute Gasteiger partial charge is 0.494 e. The minimum absolute atomic E-state index is 0.0269. The molecule has 0 bridgehead atoms. The summed E-state index contributed by atoms with van der Waals surface area (Å²) < 4.78 is 118. The van der Waals surface area contributed by atoms with Crippen LogP contribution in [0.15, 0.2) is 60.3 Å². The van der Waals surface area contributed by atoms with Gasteiger partial charge in [-0.2, -0.15) is 29.8 Å². The third kappa shape index (κ3) is 9.47. The Balaban J connectivity index is 1.50. The van der Waals surface area contributed by atoms with Gasteiger partial charge in [0.1, 0.15) is 29.4 Å². The summed E-state index contributed by atoms with van der Waals surface area (Å²) in [5.41, 5.74) is 3.39. The summed E-state index contributed by atoms with van der Waals surface area (Å²) in [6, 6.07) is 10.9. The van der Waals surface area contributed by atoms with Crippen LogP contribution in [-0.4, -0.2) is 103 Å². The SMILES string of the molecule is CC1(C)C(C=C/C=C2\C(C)(C)c3cc(OCCCS(=O)(=O)O)ccc3[N+]23CCC3S(=O)(=O)O)=[N+](CCCS(=O)(=O)O)c2ccc(OCCCSOOO)cc21. The Morgan fingerprint density at radius 3 is 2.07 bits per heavy atom. The van der Waals surface area contributed by atoms with Gasteiger partial charge < -0.3 is 9.47 Å². The smallest absolute Gasteiger partial charge is 0.320 e. The molecule has 1 spiro atoms. The first-order valence-electron chi connectivity index (χ1n) is 17.6. The summed E-state index contributed by atoms with van der Waals surface area (Å²) in [5.74, 6) is 0.688. The van der Waals surface area contributed by atoms with Crippen LogP contribution in [0.2, 0.25) is 0 Å². The van der Waals surface area contributed by atoms with Crippen molar-refractivity contribution in [1.82, 2.24) is 4.48 Å². The van der Waals surface area contributed by atoms with Crippen molar-refractivity contribution in [2.75, 3.05) is 43.6 Å². The number of nitrogens with zero attached hydrogens (tertiary/aromatic N) is 2. The van der Waals surface area contributed by atoms with Crippen molar-refractivity contribution in [2.45, 2.75) is 69.6 Å². The number of hydrogen-bond donors (Lipinski definition) is 4. The third-order valence-electron chi connectivity index (χ3n) is 10.4. The third-order valence-corrected chi connectivity index (χ3v) is 13.9. The molecule has 0 aromatic heterocycles. The fraction of sp³-hybridized carbons (Fsp3) is 0.514. The van der Waals surface area contributed by atoms with Gasteiger partial charge in [-0.3, -0.25) is 13.7 Å². The van der Waals surface area contributed by atoms with Crippen molar-refractivity contribution in [3.63, 3.8) is 0 Å². The molecule has 3 heterocycles. The average Bonchev–Trinajstić information content (AvgIpc) is 3.39. The molecule has 0 radical (unpaired) electrons. The predicted molar refractivity (Wildman–Crippen MR) is 207 cm³/mol. The number of benzene rings is 2. The molecule has 0 amide bonds. The van der Waals surface area contributed by atoms with E-state index in [9.17, 15) is 34.4 Å². The molecular weight excluding hydrogens is 801 g/mol. The number of quaternary nitrogens is 1. The first kappa shape index (κ1) is 43.2. The molecule has 5 rings (SSSR count). The molecule has 55 heavy (non-hydrogen) atoms. The Morgan fingerprint density at radius 1 is 0.855 bits per heavy atom. The van der Waals surface area contributed by atoms with Crippen molar-refractivity contribution < 1.29 is 67.6 Å². The lowest BCUT2D eigenvalue weighted by molar-refractivity contribution is -0.437. The standard InChI is InChI=1S/C35H46N2O14S4/c1-34(2)27-23-25(48-18-7-20-52-51-50-38)11-13-29(27)36(16-6-21-53(39,40)41)31(34)9-5-10-32-35(3,4)28-24-26(49-19-8-22-54(42,43)44)12-14-30(28)37(32)17-15-33(37)55(45,46)47/h5,9-14,23-24,33H,6-8,15-22H2,1-4H3,(H2-2,38,39,40,41,42,43,44,45,46,47)/p+2/b9-5?,32-10+. The van der Waals surface area contributed by atoms with E-state index in [1.807, 2.05) is 68.7 Å². The molecule has 304 valence electrons. The highest BCUT2D eigenvalue weighted by Crippen LogP contribution is 2.59.